The Labute approximate surface area is 105 Å². The summed E-state index contributed by atoms with van der Waals surface area (Å²) in [6.45, 7) is 0.820. The van der Waals surface area contributed by atoms with Crippen molar-refractivity contribution in [2.24, 2.45) is 0 Å². The van der Waals surface area contributed by atoms with Gasteiger partial charge >= 0.3 is 5.97 Å². The molecule has 3 aliphatic rings. The molecule has 3 aliphatic heterocycles. The number of para-hydroxylation sites is 1. The second kappa shape index (κ2) is 3.64. The minimum atomic E-state index is -1.01. The van der Waals surface area contributed by atoms with Crippen molar-refractivity contribution < 1.29 is 9.53 Å². The third-order valence-electron chi connectivity index (χ3n) is 3.81. The van der Waals surface area contributed by atoms with Gasteiger partial charge in [-0.05, 0) is 24.0 Å². The van der Waals surface area contributed by atoms with Crippen LogP contribution in [0, 0.1) is 0 Å². The zero-order valence-electron chi connectivity index (χ0n) is 9.65. The molecule has 4 heteroatoms. The monoisotopic (exact) mass is 251 g/mol. The largest absolute Gasteiger partial charge is 0.466 e. The first-order chi connectivity index (χ1) is 8.16. The molecule has 0 amide bonds. The molecule has 2 bridgehead atoms. The number of ether oxygens (including phenoxy) is 1. The maximum atomic E-state index is 11.9. The van der Waals surface area contributed by atoms with Gasteiger partial charge in [-0.1, -0.05) is 29.8 Å². The van der Waals surface area contributed by atoms with Crippen LogP contribution in [0.4, 0.5) is 5.69 Å². The Balaban J connectivity index is 2.10. The van der Waals surface area contributed by atoms with Crippen molar-refractivity contribution in [3.63, 3.8) is 0 Å². The Bertz CT molecular complexity index is 476. The van der Waals surface area contributed by atoms with Crippen LogP contribution >= 0.6 is 11.6 Å². The Morgan fingerprint density at radius 2 is 2.29 bits per heavy atom. The van der Waals surface area contributed by atoms with Gasteiger partial charge in [0.2, 0.25) is 5.00 Å². The molecular weight excluding hydrogens is 238 g/mol. The lowest BCUT2D eigenvalue weighted by atomic mass is 9.78. The number of esters is 1. The quantitative estimate of drug-likeness (QED) is 0.436. The second-order valence-electron chi connectivity index (χ2n) is 4.65. The van der Waals surface area contributed by atoms with Gasteiger partial charge in [-0.2, -0.15) is 0 Å². The van der Waals surface area contributed by atoms with E-state index in [1.807, 2.05) is 23.1 Å². The Hall–Kier alpha value is -1.22. The maximum absolute atomic E-state index is 11.9. The number of piperidine rings is 1. The summed E-state index contributed by atoms with van der Waals surface area (Å²) in [5, 5.41) is 0. The molecule has 2 unspecified atom stereocenters. The zero-order chi connectivity index (χ0) is 12.0. The van der Waals surface area contributed by atoms with E-state index in [1.165, 1.54) is 12.7 Å². The second-order valence-corrected chi connectivity index (χ2v) is 5.28. The third kappa shape index (κ3) is 1.38. The molecule has 17 heavy (non-hydrogen) atoms. The van der Waals surface area contributed by atoms with Crippen LogP contribution in [-0.2, 0) is 9.53 Å². The number of hydrogen-bond acceptors (Lipinski definition) is 3. The summed E-state index contributed by atoms with van der Waals surface area (Å²) < 4.78 is 4.85. The molecule has 0 radical (unpaired) electrons. The maximum Gasteiger partial charge on any atom is 0.347 e. The predicted molar refractivity (Wildman–Crippen MR) is 66.4 cm³/mol. The van der Waals surface area contributed by atoms with E-state index in [0.717, 1.165) is 18.7 Å². The molecule has 1 aromatic carbocycles. The Kier molecular flexibility index (Phi) is 2.33. The molecule has 1 aromatic rings. The number of carbonyl (C=O) groups is 1. The summed E-state index contributed by atoms with van der Waals surface area (Å²) in [6, 6.07) is 8.17. The van der Waals surface area contributed by atoms with Crippen LogP contribution in [0.1, 0.15) is 24.3 Å². The first kappa shape index (κ1) is 10.9. The highest BCUT2D eigenvalue weighted by molar-refractivity contribution is 6.36. The predicted octanol–water partition coefficient (Wildman–Crippen LogP) is 2.49. The summed E-state index contributed by atoms with van der Waals surface area (Å²) in [5.74, 6) is 0.0196. The van der Waals surface area contributed by atoms with Crippen molar-refractivity contribution in [1.29, 1.82) is 0 Å². The number of rotatable bonds is 1. The van der Waals surface area contributed by atoms with E-state index in [0.29, 0.717) is 12.3 Å². The Morgan fingerprint density at radius 1 is 1.53 bits per heavy atom. The molecule has 1 fully saturated rings. The summed E-state index contributed by atoms with van der Waals surface area (Å²) in [5.41, 5.74) is 2.38. The van der Waals surface area contributed by atoms with Gasteiger partial charge in [-0.15, -0.1) is 0 Å². The van der Waals surface area contributed by atoms with Gasteiger partial charge in [-0.25, -0.2) is 4.79 Å². The highest BCUT2D eigenvalue weighted by Gasteiger charge is 2.52. The molecule has 3 nitrogen and oxygen atoms in total. The lowest BCUT2D eigenvalue weighted by molar-refractivity contribution is -0.144. The number of carbonyl (C=O) groups excluding carboxylic acids is 1. The number of benzene rings is 1. The topological polar surface area (TPSA) is 29.5 Å². The number of methoxy groups -OCH3 is 1. The van der Waals surface area contributed by atoms with Gasteiger partial charge in [0.1, 0.15) is 0 Å². The van der Waals surface area contributed by atoms with E-state index in [2.05, 4.69) is 6.07 Å². The molecule has 4 rings (SSSR count). The molecule has 2 atom stereocenters. The zero-order valence-corrected chi connectivity index (χ0v) is 10.4. The molecular formula is C13H14ClNO2. The van der Waals surface area contributed by atoms with Crippen LogP contribution in [0.25, 0.3) is 0 Å². The molecule has 90 valence electrons. The summed E-state index contributed by atoms with van der Waals surface area (Å²) in [6.07, 6.45) is 1.70. The average Bonchev–Trinajstić information content (AvgIpc) is 2.38. The minimum absolute atomic E-state index is 0.349. The molecule has 3 heterocycles. The van der Waals surface area contributed by atoms with Gasteiger partial charge in [0.25, 0.3) is 0 Å². The number of hydrogen-bond donors (Lipinski definition) is 0. The van der Waals surface area contributed by atoms with Crippen molar-refractivity contribution in [3.8, 4) is 0 Å². The van der Waals surface area contributed by atoms with Crippen LogP contribution in [0.2, 0.25) is 0 Å². The molecule has 0 aliphatic carbocycles. The lowest BCUT2D eigenvalue weighted by Gasteiger charge is -2.50. The van der Waals surface area contributed by atoms with Gasteiger partial charge in [0.15, 0.2) is 0 Å². The lowest BCUT2D eigenvalue weighted by Crippen LogP contribution is -2.58. The molecule has 0 aromatic heterocycles. The Morgan fingerprint density at radius 3 is 3.06 bits per heavy atom. The van der Waals surface area contributed by atoms with E-state index in [-0.39, 0.29) is 5.97 Å². The molecule has 0 N–H and O–H groups in total. The van der Waals surface area contributed by atoms with Gasteiger partial charge in [-0.3, -0.25) is 0 Å². The van der Waals surface area contributed by atoms with Crippen LogP contribution in [-0.4, -0.2) is 24.6 Å². The van der Waals surface area contributed by atoms with E-state index >= 15 is 0 Å². The fourth-order valence-corrected chi connectivity index (χ4v) is 3.45. The fourth-order valence-electron chi connectivity index (χ4n) is 3.01. The highest BCUT2D eigenvalue weighted by Crippen LogP contribution is 2.51. The number of nitrogens with zero attached hydrogens (tertiary/aromatic N) is 1. The van der Waals surface area contributed by atoms with Crippen LogP contribution in [0.5, 0.6) is 0 Å². The van der Waals surface area contributed by atoms with E-state index < -0.39 is 5.00 Å². The SMILES string of the molecule is COC(=O)C1(Cl)CC2CCN1c1ccccc12. The van der Waals surface area contributed by atoms with Gasteiger partial charge in [0, 0.05) is 18.7 Å². The van der Waals surface area contributed by atoms with Crippen LogP contribution < -0.4 is 4.90 Å². The average molecular weight is 252 g/mol. The summed E-state index contributed by atoms with van der Waals surface area (Å²) in [7, 11) is 1.39. The van der Waals surface area contributed by atoms with E-state index in [4.69, 9.17) is 16.3 Å². The molecule has 0 saturated carbocycles. The first-order valence-electron chi connectivity index (χ1n) is 5.80. The number of anilines is 1. The van der Waals surface area contributed by atoms with E-state index in [1.54, 1.807) is 0 Å². The smallest absolute Gasteiger partial charge is 0.347 e. The number of alkyl halides is 1. The van der Waals surface area contributed by atoms with Crippen molar-refractivity contribution in [1.82, 2.24) is 0 Å². The van der Waals surface area contributed by atoms with Crippen molar-refractivity contribution in [3.05, 3.63) is 29.8 Å². The third-order valence-corrected chi connectivity index (χ3v) is 4.32. The highest BCUT2D eigenvalue weighted by atomic mass is 35.5. The van der Waals surface area contributed by atoms with Crippen molar-refractivity contribution >= 4 is 23.3 Å². The van der Waals surface area contributed by atoms with Gasteiger partial charge in [0.05, 0.1) is 7.11 Å². The fraction of sp³-hybridized carbons (Fsp3) is 0.462. The first-order valence-corrected chi connectivity index (χ1v) is 6.18. The van der Waals surface area contributed by atoms with Crippen molar-refractivity contribution in [2.75, 3.05) is 18.6 Å². The van der Waals surface area contributed by atoms with E-state index in [9.17, 15) is 4.79 Å². The number of halogens is 1. The summed E-state index contributed by atoms with van der Waals surface area (Å²) >= 11 is 6.50. The molecule has 0 spiro atoms. The molecule has 1 saturated heterocycles. The van der Waals surface area contributed by atoms with Crippen LogP contribution in [0.15, 0.2) is 24.3 Å². The summed E-state index contributed by atoms with van der Waals surface area (Å²) in [4.78, 5) is 12.9. The number of fused-ring (bicyclic) bond motifs is 2. The minimum Gasteiger partial charge on any atom is -0.466 e. The van der Waals surface area contributed by atoms with Crippen LogP contribution in [0.3, 0.4) is 0 Å². The normalized spacial score (nSPS) is 30.0. The van der Waals surface area contributed by atoms with Gasteiger partial charge < -0.3 is 9.64 Å². The van der Waals surface area contributed by atoms with Crippen molar-refractivity contribution in [2.45, 2.75) is 23.8 Å². The standard InChI is InChI=1S/C13H14ClNO2/c1-17-12(16)13(14)8-9-6-7-15(13)11-5-3-2-4-10(9)11/h2-5,9H,6-8H2,1H3.